The van der Waals surface area contributed by atoms with Crippen LogP contribution in [0.4, 0.5) is 5.13 Å². The Kier molecular flexibility index (Phi) is 5.16. The number of halogens is 1. The zero-order chi connectivity index (χ0) is 14.7. The molecule has 1 N–H and O–H groups in total. The van der Waals surface area contributed by atoms with Crippen molar-refractivity contribution >= 4 is 48.5 Å². The van der Waals surface area contributed by atoms with Crippen LogP contribution in [0.2, 0.25) is 0 Å². The number of anilines is 1. The third kappa shape index (κ3) is 3.58. The van der Waals surface area contributed by atoms with Gasteiger partial charge in [0.1, 0.15) is 0 Å². The zero-order valence-electron chi connectivity index (χ0n) is 11.9. The number of benzene rings is 1. The van der Waals surface area contributed by atoms with Crippen LogP contribution < -0.4 is 5.32 Å². The number of nitrogens with one attached hydrogen (secondary N) is 1. The van der Waals surface area contributed by atoms with E-state index in [9.17, 15) is 4.79 Å². The lowest BCUT2D eigenvalue weighted by atomic mass is 10.0. The van der Waals surface area contributed by atoms with Crippen molar-refractivity contribution < 1.29 is 4.79 Å². The maximum absolute atomic E-state index is 12.0. The minimum atomic E-state index is -0.147. The van der Waals surface area contributed by atoms with Gasteiger partial charge in [0.15, 0.2) is 5.13 Å². The molecule has 0 saturated carbocycles. The van der Waals surface area contributed by atoms with Gasteiger partial charge >= 0.3 is 0 Å². The topological polar surface area (TPSA) is 42.0 Å². The number of carbonyl (C=O) groups is 1. The molecule has 1 amide bonds. The summed E-state index contributed by atoms with van der Waals surface area (Å²) >= 11 is 4.93. The van der Waals surface area contributed by atoms with Crippen molar-refractivity contribution in [3.63, 3.8) is 0 Å². The Morgan fingerprint density at radius 3 is 2.85 bits per heavy atom. The molecule has 0 aliphatic carbocycles. The maximum Gasteiger partial charge on any atom is 0.239 e. The van der Waals surface area contributed by atoms with Crippen LogP contribution in [0.3, 0.4) is 0 Å². The number of rotatable bonds is 5. The largest absolute Gasteiger partial charge is 0.301 e. The number of amides is 1. The Labute approximate surface area is 131 Å². The molecule has 1 aromatic carbocycles. The first-order chi connectivity index (χ1) is 9.51. The smallest absolute Gasteiger partial charge is 0.239 e. The second-order valence-electron chi connectivity index (χ2n) is 5.15. The van der Waals surface area contributed by atoms with E-state index in [0.717, 1.165) is 23.1 Å². The summed E-state index contributed by atoms with van der Waals surface area (Å²) in [4.78, 5) is 16.3. The van der Waals surface area contributed by atoms with Gasteiger partial charge in [-0.3, -0.25) is 4.79 Å². The van der Waals surface area contributed by atoms with Crippen LogP contribution in [-0.2, 0) is 4.79 Å². The molecule has 2 aromatic rings. The molecule has 1 heterocycles. The number of hydrogen-bond donors (Lipinski definition) is 1. The number of alkyl halides is 1. The number of nitrogens with zero attached hydrogens (tertiary/aromatic N) is 1. The van der Waals surface area contributed by atoms with Gasteiger partial charge in [-0.15, -0.1) is 0 Å². The zero-order valence-corrected chi connectivity index (χ0v) is 14.3. The van der Waals surface area contributed by atoms with Gasteiger partial charge in [-0.05, 0) is 30.0 Å². The Bertz CT molecular complexity index is 609. The Balaban J connectivity index is 2.17. The summed E-state index contributed by atoms with van der Waals surface area (Å²) in [6.07, 6.45) is 1.80. The number of carbonyl (C=O) groups excluding carboxylic acids is 1. The van der Waals surface area contributed by atoms with Crippen molar-refractivity contribution in [2.75, 3.05) is 5.32 Å². The fourth-order valence-corrected chi connectivity index (χ4v) is 3.41. The highest BCUT2D eigenvalue weighted by atomic mass is 79.9. The lowest BCUT2D eigenvalue weighted by Crippen LogP contribution is -2.22. The standard InChI is InChI=1S/C15H19BrN2OS/c1-4-5-11(16)14(19)18-15-17-12-7-6-10(9(2)3)8-13(12)20-15/h6-9,11H,4-5H2,1-3H3,(H,17,18,19)/t11-/m0/s1. The molecule has 1 aromatic heterocycles. The summed E-state index contributed by atoms with van der Waals surface area (Å²) in [6.45, 7) is 6.41. The molecule has 0 bridgehead atoms. The Hall–Kier alpha value is -0.940. The van der Waals surface area contributed by atoms with Crippen LogP contribution >= 0.6 is 27.3 Å². The summed E-state index contributed by atoms with van der Waals surface area (Å²) in [5, 5.41) is 3.56. The Morgan fingerprint density at radius 2 is 2.20 bits per heavy atom. The van der Waals surface area contributed by atoms with Crippen molar-refractivity contribution in [3.05, 3.63) is 23.8 Å². The fraction of sp³-hybridized carbons (Fsp3) is 0.467. The van der Waals surface area contributed by atoms with Crippen molar-refractivity contribution in [3.8, 4) is 0 Å². The summed E-state index contributed by atoms with van der Waals surface area (Å²) in [5.74, 6) is 0.478. The number of hydrogen-bond acceptors (Lipinski definition) is 3. The maximum atomic E-state index is 12.0. The molecule has 3 nitrogen and oxygen atoms in total. The van der Waals surface area contributed by atoms with E-state index in [1.54, 1.807) is 0 Å². The SMILES string of the molecule is CCC[C@H](Br)C(=O)Nc1nc2ccc(C(C)C)cc2s1. The number of thiazole rings is 1. The summed E-state index contributed by atoms with van der Waals surface area (Å²) < 4.78 is 1.12. The Morgan fingerprint density at radius 1 is 1.45 bits per heavy atom. The third-order valence-corrected chi connectivity index (χ3v) is 4.94. The average molecular weight is 355 g/mol. The van der Waals surface area contributed by atoms with Crippen molar-refractivity contribution in [2.24, 2.45) is 0 Å². The van der Waals surface area contributed by atoms with Crippen LogP contribution in [0.5, 0.6) is 0 Å². The van der Waals surface area contributed by atoms with Crippen molar-refractivity contribution in [1.82, 2.24) is 4.98 Å². The molecule has 0 aliphatic rings. The van der Waals surface area contributed by atoms with Crippen molar-refractivity contribution in [2.45, 2.75) is 44.4 Å². The minimum Gasteiger partial charge on any atom is -0.301 e. The molecule has 20 heavy (non-hydrogen) atoms. The van der Waals surface area contributed by atoms with Crippen molar-refractivity contribution in [1.29, 1.82) is 0 Å². The number of fused-ring (bicyclic) bond motifs is 1. The third-order valence-electron chi connectivity index (χ3n) is 3.14. The van der Waals surface area contributed by atoms with E-state index in [1.807, 2.05) is 6.07 Å². The first kappa shape index (κ1) is 15.4. The lowest BCUT2D eigenvalue weighted by molar-refractivity contribution is -0.115. The van der Waals surface area contributed by atoms with E-state index >= 15 is 0 Å². The second-order valence-corrected chi connectivity index (χ2v) is 7.28. The lowest BCUT2D eigenvalue weighted by Gasteiger charge is -2.06. The fourth-order valence-electron chi connectivity index (χ4n) is 1.92. The van der Waals surface area contributed by atoms with Gasteiger partial charge in [0.25, 0.3) is 0 Å². The normalized spacial score (nSPS) is 12.8. The van der Waals surface area contributed by atoms with Crippen LogP contribution in [-0.4, -0.2) is 15.7 Å². The molecule has 0 aliphatic heterocycles. The van der Waals surface area contributed by atoms with E-state index in [2.05, 4.69) is 59.1 Å². The van der Waals surface area contributed by atoms with Crippen LogP contribution in [0, 0.1) is 0 Å². The average Bonchev–Trinajstić information content (AvgIpc) is 2.79. The predicted molar refractivity (Wildman–Crippen MR) is 90.0 cm³/mol. The van der Waals surface area contributed by atoms with E-state index < -0.39 is 0 Å². The molecule has 0 unspecified atom stereocenters. The monoisotopic (exact) mass is 354 g/mol. The summed E-state index contributed by atoms with van der Waals surface area (Å²) in [6, 6.07) is 6.28. The second kappa shape index (κ2) is 6.68. The minimum absolute atomic E-state index is 0.0185. The van der Waals surface area contributed by atoms with E-state index in [-0.39, 0.29) is 10.7 Å². The molecular weight excluding hydrogens is 336 g/mol. The van der Waals surface area contributed by atoms with Crippen LogP contribution in [0.15, 0.2) is 18.2 Å². The molecule has 1 atom stereocenters. The van der Waals surface area contributed by atoms with E-state index in [4.69, 9.17) is 0 Å². The van der Waals surface area contributed by atoms with E-state index in [1.165, 1.54) is 16.9 Å². The molecule has 0 spiro atoms. The van der Waals surface area contributed by atoms with Gasteiger partial charge < -0.3 is 5.32 Å². The van der Waals surface area contributed by atoms with E-state index in [0.29, 0.717) is 11.0 Å². The molecule has 2 rings (SSSR count). The van der Waals surface area contributed by atoms with Gasteiger partial charge in [-0.25, -0.2) is 4.98 Å². The van der Waals surface area contributed by atoms with Crippen LogP contribution in [0.1, 0.15) is 45.1 Å². The molecule has 5 heteroatoms. The highest BCUT2D eigenvalue weighted by molar-refractivity contribution is 9.10. The molecule has 0 fully saturated rings. The molecule has 0 saturated heterocycles. The highest BCUT2D eigenvalue weighted by Crippen LogP contribution is 2.29. The first-order valence-electron chi connectivity index (χ1n) is 6.86. The van der Waals surface area contributed by atoms with Gasteiger partial charge in [0.05, 0.1) is 15.0 Å². The predicted octanol–water partition coefficient (Wildman–Crippen LogP) is 4.92. The molecule has 108 valence electrons. The summed E-state index contributed by atoms with van der Waals surface area (Å²) in [5.41, 5.74) is 2.24. The molecule has 0 radical (unpaired) electrons. The summed E-state index contributed by atoms with van der Waals surface area (Å²) in [7, 11) is 0. The highest BCUT2D eigenvalue weighted by Gasteiger charge is 2.15. The van der Waals surface area contributed by atoms with Gasteiger partial charge in [0.2, 0.25) is 5.91 Å². The van der Waals surface area contributed by atoms with Gasteiger partial charge in [-0.2, -0.15) is 0 Å². The first-order valence-corrected chi connectivity index (χ1v) is 8.60. The van der Waals surface area contributed by atoms with Gasteiger partial charge in [-0.1, -0.05) is 60.5 Å². The van der Waals surface area contributed by atoms with Gasteiger partial charge in [0, 0.05) is 0 Å². The quantitative estimate of drug-likeness (QED) is 0.774. The molecular formula is C15H19BrN2OS. The van der Waals surface area contributed by atoms with Crippen LogP contribution in [0.25, 0.3) is 10.2 Å². The number of aromatic nitrogens is 1.